The van der Waals surface area contributed by atoms with Crippen LogP contribution in [-0.2, 0) is 33.9 Å². The van der Waals surface area contributed by atoms with E-state index in [2.05, 4.69) is 25.2 Å². The number of carbonyl (C=O) groups is 3. The highest BCUT2D eigenvalue weighted by molar-refractivity contribution is 6.45. The Morgan fingerprint density at radius 1 is 0.923 bits per heavy atom. The number of nitrogens with zero attached hydrogens (tertiary/aromatic N) is 4. The standard InChI is InChI=1S/C27H30BN5O6/c34-24(13-20-8-10-25(27(36)37)39-28(20)38)15-32-26(35)19-7-9-23(31-14-19)18-33(16-21-5-1-3-11-29-21)17-22-6-2-4-12-30-22/h1-7,9,11-12,14,20,25,38H,8,10,13,15-18H2,(H,32,35)(H,36,37)/t20-,25-/m1/s1. The van der Waals surface area contributed by atoms with E-state index in [0.29, 0.717) is 31.6 Å². The van der Waals surface area contributed by atoms with Gasteiger partial charge in [-0.05, 0) is 49.2 Å². The van der Waals surface area contributed by atoms with Gasteiger partial charge in [0.2, 0.25) is 0 Å². The van der Waals surface area contributed by atoms with Gasteiger partial charge in [-0.3, -0.25) is 29.4 Å². The van der Waals surface area contributed by atoms with E-state index in [9.17, 15) is 19.4 Å². The number of pyridine rings is 3. The quantitative estimate of drug-likeness (QED) is 0.295. The Hall–Kier alpha value is -4.00. The maximum absolute atomic E-state index is 12.6. The van der Waals surface area contributed by atoms with Crippen LogP contribution in [0, 0.1) is 0 Å². The van der Waals surface area contributed by atoms with Crippen LogP contribution in [0.25, 0.3) is 0 Å². The first-order valence-electron chi connectivity index (χ1n) is 12.7. The first-order chi connectivity index (χ1) is 18.9. The van der Waals surface area contributed by atoms with Crippen molar-refractivity contribution in [2.45, 2.75) is 50.8 Å². The SMILES string of the molecule is O=C(CNC(=O)c1ccc(CN(Cc2ccccn2)Cc2ccccn2)nc1)C[C@H]1CC[C@H](C(=O)O)OB1O. The number of hydrogen-bond acceptors (Lipinski definition) is 9. The fourth-order valence-electron chi connectivity index (χ4n) is 4.38. The number of Topliss-reactive ketones (excluding diaryl/α,β-unsaturated/α-hetero) is 1. The highest BCUT2D eigenvalue weighted by atomic mass is 16.5. The Kier molecular flexibility index (Phi) is 9.84. The predicted molar refractivity (Wildman–Crippen MR) is 141 cm³/mol. The minimum Gasteiger partial charge on any atom is -0.479 e. The number of hydrogen-bond donors (Lipinski definition) is 3. The third-order valence-electron chi connectivity index (χ3n) is 6.41. The van der Waals surface area contributed by atoms with Crippen molar-refractivity contribution in [1.29, 1.82) is 0 Å². The smallest absolute Gasteiger partial charge is 0.458 e. The molecule has 202 valence electrons. The molecule has 1 fully saturated rings. The minimum absolute atomic E-state index is 0.0205. The summed E-state index contributed by atoms with van der Waals surface area (Å²) in [6, 6.07) is 15.0. The van der Waals surface area contributed by atoms with Crippen molar-refractivity contribution in [3.8, 4) is 0 Å². The molecular formula is C27H30BN5O6. The summed E-state index contributed by atoms with van der Waals surface area (Å²) < 4.78 is 5.06. The molecule has 3 aromatic heterocycles. The van der Waals surface area contributed by atoms with E-state index in [0.717, 1.165) is 17.1 Å². The number of carboxylic acids is 1. The van der Waals surface area contributed by atoms with Crippen LogP contribution in [0.15, 0.2) is 67.1 Å². The molecule has 4 rings (SSSR count). The van der Waals surface area contributed by atoms with Crippen molar-refractivity contribution in [3.63, 3.8) is 0 Å². The zero-order chi connectivity index (χ0) is 27.6. The van der Waals surface area contributed by atoms with E-state index in [-0.39, 0.29) is 25.2 Å². The number of carboxylic acid groups (broad SMARTS) is 1. The van der Waals surface area contributed by atoms with E-state index in [1.165, 1.54) is 6.20 Å². The maximum atomic E-state index is 12.6. The molecule has 1 aliphatic rings. The van der Waals surface area contributed by atoms with Gasteiger partial charge in [0.1, 0.15) is 6.10 Å². The Bertz CT molecular complexity index is 1210. The Morgan fingerprint density at radius 3 is 2.08 bits per heavy atom. The van der Waals surface area contributed by atoms with Gasteiger partial charge in [-0.1, -0.05) is 12.1 Å². The highest BCUT2D eigenvalue weighted by Crippen LogP contribution is 2.29. The molecule has 3 aromatic rings. The second kappa shape index (κ2) is 13.7. The number of carbonyl (C=O) groups excluding carboxylic acids is 2. The van der Waals surface area contributed by atoms with Crippen LogP contribution in [0.3, 0.4) is 0 Å². The van der Waals surface area contributed by atoms with Crippen molar-refractivity contribution in [2.24, 2.45) is 0 Å². The summed E-state index contributed by atoms with van der Waals surface area (Å²) in [5.74, 6) is -2.37. The van der Waals surface area contributed by atoms with E-state index in [4.69, 9.17) is 9.76 Å². The molecule has 39 heavy (non-hydrogen) atoms. The van der Waals surface area contributed by atoms with Gasteiger partial charge in [0, 0.05) is 50.5 Å². The number of amides is 1. The third-order valence-corrected chi connectivity index (χ3v) is 6.41. The summed E-state index contributed by atoms with van der Waals surface area (Å²) in [6.45, 7) is 1.50. The van der Waals surface area contributed by atoms with Crippen LogP contribution < -0.4 is 5.32 Å². The predicted octanol–water partition coefficient (Wildman–Crippen LogP) is 1.88. The first kappa shape index (κ1) is 28.0. The van der Waals surface area contributed by atoms with Gasteiger partial charge in [-0.15, -0.1) is 0 Å². The molecule has 2 atom stereocenters. The normalized spacial score (nSPS) is 17.1. The average molecular weight is 531 g/mol. The highest BCUT2D eigenvalue weighted by Gasteiger charge is 2.38. The molecule has 12 heteroatoms. The largest absolute Gasteiger partial charge is 0.479 e. The fraction of sp³-hybridized carbons (Fsp3) is 0.333. The lowest BCUT2D eigenvalue weighted by molar-refractivity contribution is -0.147. The van der Waals surface area contributed by atoms with E-state index >= 15 is 0 Å². The molecule has 0 radical (unpaired) electrons. The first-order valence-corrected chi connectivity index (χ1v) is 12.7. The summed E-state index contributed by atoms with van der Waals surface area (Å²) in [4.78, 5) is 51.4. The molecule has 1 aliphatic heterocycles. The summed E-state index contributed by atoms with van der Waals surface area (Å²) in [5.41, 5.74) is 2.92. The molecular weight excluding hydrogens is 501 g/mol. The maximum Gasteiger partial charge on any atom is 0.458 e. The molecule has 0 spiro atoms. The Labute approximate surface area is 226 Å². The van der Waals surface area contributed by atoms with Crippen molar-refractivity contribution in [3.05, 3.63) is 89.8 Å². The van der Waals surface area contributed by atoms with Gasteiger partial charge in [-0.2, -0.15) is 0 Å². The van der Waals surface area contributed by atoms with E-state index in [1.54, 1.807) is 24.5 Å². The van der Waals surface area contributed by atoms with Crippen molar-refractivity contribution < 1.29 is 29.2 Å². The number of nitrogens with one attached hydrogen (secondary N) is 1. The second-order valence-corrected chi connectivity index (χ2v) is 9.44. The van der Waals surface area contributed by atoms with Crippen LogP contribution in [0.4, 0.5) is 0 Å². The Morgan fingerprint density at radius 2 is 1.56 bits per heavy atom. The average Bonchev–Trinajstić information content (AvgIpc) is 2.94. The molecule has 0 saturated carbocycles. The van der Waals surface area contributed by atoms with Gasteiger partial charge in [0.25, 0.3) is 5.91 Å². The van der Waals surface area contributed by atoms with Crippen molar-refractivity contribution >= 4 is 24.8 Å². The lowest BCUT2D eigenvalue weighted by atomic mass is 9.64. The zero-order valence-corrected chi connectivity index (χ0v) is 21.3. The minimum atomic E-state index is -1.33. The molecule has 0 aliphatic carbocycles. The number of ketones is 1. The topological polar surface area (TPSA) is 155 Å². The molecule has 11 nitrogen and oxygen atoms in total. The van der Waals surface area contributed by atoms with Gasteiger partial charge < -0.3 is 20.1 Å². The summed E-state index contributed by atoms with van der Waals surface area (Å²) in [6.07, 6.45) is 4.46. The van der Waals surface area contributed by atoms with Gasteiger partial charge in [0.05, 0.1) is 29.2 Å². The van der Waals surface area contributed by atoms with Gasteiger partial charge in [-0.25, -0.2) is 4.79 Å². The molecule has 1 saturated heterocycles. The monoisotopic (exact) mass is 531 g/mol. The van der Waals surface area contributed by atoms with Crippen LogP contribution in [0.2, 0.25) is 5.82 Å². The van der Waals surface area contributed by atoms with E-state index in [1.807, 2.05) is 36.4 Å². The lowest BCUT2D eigenvalue weighted by Crippen LogP contribution is -2.41. The number of aliphatic carboxylic acids is 1. The van der Waals surface area contributed by atoms with Crippen LogP contribution in [0.1, 0.15) is 46.7 Å². The molecule has 0 bridgehead atoms. The Balaban J connectivity index is 1.29. The number of rotatable bonds is 12. The van der Waals surface area contributed by atoms with Crippen molar-refractivity contribution in [1.82, 2.24) is 25.2 Å². The molecule has 4 heterocycles. The number of aromatic nitrogens is 3. The fourth-order valence-corrected chi connectivity index (χ4v) is 4.38. The summed E-state index contributed by atoms with van der Waals surface area (Å²) in [7, 11) is -1.33. The van der Waals surface area contributed by atoms with Crippen LogP contribution in [0.5, 0.6) is 0 Å². The van der Waals surface area contributed by atoms with Crippen LogP contribution >= 0.6 is 0 Å². The molecule has 3 N–H and O–H groups in total. The lowest BCUT2D eigenvalue weighted by Gasteiger charge is -2.28. The van der Waals surface area contributed by atoms with Gasteiger partial charge in [0.15, 0.2) is 5.78 Å². The van der Waals surface area contributed by atoms with Gasteiger partial charge >= 0.3 is 13.1 Å². The van der Waals surface area contributed by atoms with Crippen molar-refractivity contribution in [2.75, 3.05) is 6.54 Å². The second-order valence-electron chi connectivity index (χ2n) is 9.44. The summed E-state index contributed by atoms with van der Waals surface area (Å²) in [5, 5.41) is 21.6. The van der Waals surface area contributed by atoms with Crippen LogP contribution in [-0.4, -0.2) is 67.4 Å². The molecule has 1 amide bonds. The molecule has 0 aromatic carbocycles. The summed E-state index contributed by atoms with van der Waals surface area (Å²) >= 11 is 0. The molecule has 0 unspecified atom stereocenters. The third kappa shape index (κ3) is 8.50. The zero-order valence-electron chi connectivity index (χ0n) is 21.3. The van der Waals surface area contributed by atoms with E-state index < -0.39 is 30.9 Å².